The van der Waals surface area contributed by atoms with Crippen molar-refractivity contribution in [3.8, 4) is 0 Å². The molecule has 6 aliphatic rings. The van der Waals surface area contributed by atoms with Gasteiger partial charge >= 0.3 is 124 Å². The Morgan fingerprint density at radius 1 is 0.571 bits per heavy atom. The van der Waals surface area contributed by atoms with Gasteiger partial charge < -0.3 is 34.4 Å². The van der Waals surface area contributed by atoms with Crippen LogP contribution in [0.25, 0.3) is 21.8 Å². The minimum atomic E-state index is -4.39. The van der Waals surface area contributed by atoms with Crippen LogP contribution in [0.1, 0.15) is 62.0 Å². The van der Waals surface area contributed by atoms with Gasteiger partial charge in [-0.25, -0.2) is 41.8 Å². The van der Waals surface area contributed by atoms with Gasteiger partial charge in [0.25, 0.3) is 43.6 Å². The SMILES string of the molecule is CCCS(=O)(=O)O.CCCS(=O)(=O)O.O=S(=O)([O-])CCCSc1ncc2c(n1)C1=[N+]3C2=Nc2c4nc(SCCCS(=O)(=O)[O-])ncc4c4n2[C@@]32n3c(c5cnc([S-])nc5c3=NC3=[N+]2C(=N4)c2nc([S-])ncc23)=N1.[Na+].[Na+].[Na+].[Na+]. The predicted octanol–water partition coefficient (Wildman–Crippen LogP) is -12.7. The molecule has 0 fully saturated rings. The summed E-state index contributed by atoms with van der Waals surface area (Å²) < 4.78 is 130. The number of nitrogens with zero attached hydrogens (tertiary/aromatic N) is 16. The van der Waals surface area contributed by atoms with Gasteiger partial charge in [-0.2, -0.15) is 26.0 Å². The first kappa shape index (κ1) is 64.6. The van der Waals surface area contributed by atoms with E-state index in [9.17, 15) is 42.8 Å². The van der Waals surface area contributed by atoms with Crippen LogP contribution in [-0.4, -0.2) is 168 Å². The van der Waals surface area contributed by atoms with E-state index in [1.807, 2.05) is 18.3 Å². The molecule has 0 amide bonds. The number of hydrogen-bond donors (Lipinski definition) is 2. The molecule has 1 atom stereocenters. The molecule has 0 aliphatic carbocycles. The Balaban J connectivity index is 0.000000476. The van der Waals surface area contributed by atoms with Gasteiger partial charge in [-0.1, -0.05) is 57.3 Å². The van der Waals surface area contributed by atoms with Crippen molar-refractivity contribution < 1.29 is 179 Å². The van der Waals surface area contributed by atoms with Crippen LogP contribution in [0.2, 0.25) is 0 Å². The van der Waals surface area contributed by atoms with Gasteiger partial charge in [0.15, 0.2) is 21.7 Å². The van der Waals surface area contributed by atoms with Crippen LogP contribution in [0.4, 0.5) is 11.6 Å². The van der Waals surface area contributed by atoms with E-state index >= 15 is 0 Å². The third-order valence-corrected chi connectivity index (χ3v) is 16.8. The summed E-state index contributed by atoms with van der Waals surface area (Å²) in [6.07, 6.45) is 7.61. The molecular formula is C37H32N16Na4O12S8+2. The zero-order valence-electron chi connectivity index (χ0n) is 41.3. The molecule has 12 heterocycles. The third kappa shape index (κ3) is 12.3. The molecule has 0 unspecified atom stereocenters. The van der Waals surface area contributed by atoms with E-state index in [2.05, 4.69) is 29.9 Å². The molecule has 6 aliphatic heterocycles. The Labute approximate surface area is 545 Å². The largest absolute Gasteiger partial charge is 1.00 e. The molecule has 0 bridgehead atoms. The minimum Gasteiger partial charge on any atom is -0.748 e. The fourth-order valence-electron chi connectivity index (χ4n) is 8.55. The Bertz CT molecular complexity index is 4170. The molecule has 6 aromatic rings. The van der Waals surface area contributed by atoms with Gasteiger partial charge in [0.2, 0.25) is 22.6 Å². The van der Waals surface area contributed by atoms with Crippen molar-refractivity contribution in [2.75, 3.05) is 34.5 Å². The maximum absolute atomic E-state index is 11.3. The molecule has 0 saturated heterocycles. The smallest absolute Gasteiger partial charge is 0.748 e. The molecule has 77 heavy (non-hydrogen) atoms. The average molecular weight is 1240 g/mol. The number of fused-ring (bicyclic) bond motifs is 12. The molecule has 2 N–H and O–H groups in total. The van der Waals surface area contributed by atoms with Crippen molar-refractivity contribution in [3.05, 3.63) is 58.3 Å². The summed E-state index contributed by atoms with van der Waals surface area (Å²) in [6, 6.07) is 0. The summed E-state index contributed by atoms with van der Waals surface area (Å²) in [5, 5.41) is 1.91. The minimum absolute atomic E-state index is 0. The van der Waals surface area contributed by atoms with Crippen molar-refractivity contribution in [2.45, 2.75) is 66.1 Å². The van der Waals surface area contributed by atoms with Gasteiger partial charge in [0, 0.05) is 58.1 Å². The van der Waals surface area contributed by atoms with E-state index < -0.39 is 57.9 Å². The Kier molecular flexibility index (Phi) is 20.4. The van der Waals surface area contributed by atoms with Crippen LogP contribution in [0.15, 0.2) is 65.4 Å². The normalized spacial score (nSPS) is 16.4. The van der Waals surface area contributed by atoms with Crippen LogP contribution < -0.4 is 129 Å². The van der Waals surface area contributed by atoms with E-state index in [1.165, 1.54) is 23.5 Å². The molecule has 0 saturated carbocycles. The van der Waals surface area contributed by atoms with Gasteiger partial charge in [-0.05, 0) is 25.7 Å². The van der Waals surface area contributed by atoms with Crippen molar-refractivity contribution in [1.82, 2.24) is 49.0 Å². The Hall–Kier alpha value is -1.54. The molecule has 28 nitrogen and oxygen atoms in total. The fourth-order valence-corrected chi connectivity index (χ4v) is 12.7. The van der Waals surface area contributed by atoms with Crippen LogP contribution in [0, 0.1) is 0 Å². The molecule has 6 aromatic heterocycles. The molecule has 382 valence electrons. The molecule has 1 spiro atoms. The summed E-state index contributed by atoms with van der Waals surface area (Å²) >= 11 is 13.3. The molecule has 12 rings (SSSR count). The molecule has 0 aromatic carbocycles. The second-order valence-corrected chi connectivity index (χ2v) is 25.2. The molecule has 0 radical (unpaired) electrons. The first-order valence-electron chi connectivity index (χ1n) is 21.3. The third-order valence-electron chi connectivity index (χ3n) is 11.1. The number of rotatable bonds is 14. The topological polar surface area (TPSA) is 392 Å². The second kappa shape index (κ2) is 24.3. The Morgan fingerprint density at radius 2 is 1.09 bits per heavy atom. The van der Waals surface area contributed by atoms with Crippen molar-refractivity contribution in [1.29, 1.82) is 0 Å². The molecular weight excluding hydrogens is 1210 g/mol. The average Bonchev–Trinajstić information content (AvgIpc) is 4.10. The zero-order valence-corrected chi connectivity index (χ0v) is 55.8. The van der Waals surface area contributed by atoms with Crippen LogP contribution >= 0.6 is 23.5 Å². The van der Waals surface area contributed by atoms with E-state index in [-0.39, 0.29) is 164 Å². The van der Waals surface area contributed by atoms with E-state index in [0.29, 0.717) is 113 Å². The summed E-state index contributed by atoms with van der Waals surface area (Å²) in [5.74, 6) is 0.0840. The van der Waals surface area contributed by atoms with E-state index in [1.54, 1.807) is 38.6 Å². The monoisotopic (exact) mass is 1240 g/mol. The van der Waals surface area contributed by atoms with Gasteiger partial charge in [-0.15, -0.1) is 9.15 Å². The maximum atomic E-state index is 11.3. The number of amidine groups is 4. The number of hydrogen-bond acceptors (Lipinski definition) is 26. The first-order valence-corrected chi connectivity index (χ1v) is 30.5. The summed E-state index contributed by atoms with van der Waals surface area (Å²) in [7, 11) is -16.1. The first-order chi connectivity index (χ1) is 34.4. The number of thioether (sulfide) groups is 2. The summed E-state index contributed by atoms with van der Waals surface area (Å²) in [5.41, 5.74) is 3.59. The van der Waals surface area contributed by atoms with Crippen molar-refractivity contribution in [3.63, 3.8) is 0 Å². The standard InChI is InChI=1S/C31H18N16O6S6.2C3H8O3S.4Na/c48-58(49,50)5-1-3-56-29-34-9-13-17(38-29)26-43-22-14-10-35-30(57-4-2-6-59(51,52)53)39-18(14)25-42-20-12-8-33-28(55)37-16(12)23-40-19-11-7-32-27(54)36-15(11)24-41-21(13)46(26)31(44(19)24,45(20)23)47(22)25;2*1-2-3-7(4,5)6;;;;/h7-10H,1-6H2,(H,48,49,50)(H,51,52,53);2*2-3H2,1H3,(H,4,5,6);;;;/q;;;4*+1/p-2/t31-;;;;;;/m1....../s1. The second-order valence-electron chi connectivity index (χ2n) is 16.1. The quantitative estimate of drug-likeness (QED) is 0.0194. The summed E-state index contributed by atoms with van der Waals surface area (Å²) in [4.78, 5) is 58.1. The maximum Gasteiger partial charge on any atom is 1.00 e. The van der Waals surface area contributed by atoms with E-state index in [0.717, 1.165) is 0 Å². The number of aliphatic imine (C=N–C) groups is 2. The van der Waals surface area contributed by atoms with Crippen LogP contribution in [0.3, 0.4) is 0 Å². The van der Waals surface area contributed by atoms with Gasteiger partial charge in [-0.3, -0.25) is 24.1 Å². The predicted molar refractivity (Wildman–Crippen MR) is 260 cm³/mol. The summed E-state index contributed by atoms with van der Waals surface area (Å²) in [6.45, 7) is 3.38. The van der Waals surface area contributed by atoms with Crippen LogP contribution in [-0.2, 0) is 71.6 Å². The van der Waals surface area contributed by atoms with Crippen molar-refractivity contribution >= 4 is 146 Å². The Morgan fingerprint density at radius 3 is 1.68 bits per heavy atom. The van der Waals surface area contributed by atoms with Gasteiger partial charge in [0.1, 0.15) is 22.2 Å². The van der Waals surface area contributed by atoms with E-state index in [4.69, 9.17) is 64.3 Å². The van der Waals surface area contributed by atoms with Gasteiger partial charge in [0.05, 0.1) is 42.5 Å². The van der Waals surface area contributed by atoms with Crippen LogP contribution in [0.5, 0.6) is 0 Å². The number of aromatic nitrogens is 10. The molecule has 40 heteroatoms. The van der Waals surface area contributed by atoms with Crippen molar-refractivity contribution in [2.24, 2.45) is 20.0 Å². The fraction of sp³-hybridized carbons (Fsp3) is 0.351. The zero-order chi connectivity index (χ0) is 52.2.